The van der Waals surface area contributed by atoms with E-state index in [1.165, 1.54) is 10.6 Å². The maximum atomic E-state index is 12.3. The van der Waals surface area contributed by atoms with E-state index < -0.39 is 10.0 Å². The van der Waals surface area contributed by atoms with E-state index in [0.717, 1.165) is 5.56 Å². The summed E-state index contributed by atoms with van der Waals surface area (Å²) < 4.78 is 25.5. The van der Waals surface area contributed by atoms with Crippen LogP contribution >= 0.6 is 0 Å². The molecule has 0 atom stereocenters. The predicted molar refractivity (Wildman–Crippen MR) is 101 cm³/mol. The lowest BCUT2D eigenvalue weighted by molar-refractivity contribution is -0.134. The van der Waals surface area contributed by atoms with Crippen molar-refractivity contribution in [2.75, 3.05) is 30.2 Å². The Hall–Kier alpha value is -2.09. The first-order valence-corrected chi connectivity index (χ1v) is 10.6. The number of rotatable bonds is 7. The van der Waals surface area contributed by atoms with Gasteiger partial charge in [0.1, 0.15) is 0 Å². The van der Waals surface area contributed by atoms with Crippen LogP contribution in [0.5, 0.6) is 0 Å². The molecule has 0 bridgehead atoms. The van der Waals surface area contributed by atoms with Crippen LogP contribution in [0.1, 0.15) is 31.2 Å². The number of sulfonamides is 1. The molecule has 1 aliphatic rings. The number of hydrogen-bond acceptors (Lipinski definition) is 4. The lowest BCUT2D eigenvalue weighted by Crippen LogP contribution is -2.42. The number of carbonyl (C=O) groups is 2. The van der Waals surface area contributed by atoms with Crippen molar-refractivity contribution < 1.29 is 18.0 Å². The maximum absolute atomic E-state index is 12.3. The third-order valence-electron chi connectivity index (χ3n) is 4.72. The molecule has 2 N–H and O–H groups in total. The predicted octanol–water partition coefficient (Wildman–Crippen LogP) is 1.27. The molecule has 26 heavy (non-hydrogen) atoms. The number of nitrogens with zero attached hydrogens (tertiary/aromatic N) is 2. The summed E-state index contributed by atoms with van der Waals surface area (Å²) in [5, 5.41) is 0. The van der Waals surface area contributed by atoms with Gasteiger partial charge in [-0.2, -0.15) is 0 Å². The summed E-state index contributed by atoms with van der Waals surface area (Å²) in [4.78, 5) is 25.2. The van der Waals surface area contributed by atoms with Crippen LogP contribution in [0.2, 0.25) is 0 Å². The molecular weight excluding hydrogens is 354 g/mol. The summed E-state index contributed by atoms with van der Waals surface area (Å²) in [6.45, 7) is 3.25. The summed E-state index contributed by atoms with van der Waals surface area (Å²) >= 11 is 0. The third kappa shape index (κ3) is 5.45. The van der Waals surface area contributed by atoms with Crippen LogP contribution in [-0.4, -0.2) is 51.0 Å². The van der Waals surface area contributed by atoms with Crippen molar-refractivity contribution in [1.82, 2.24) is 4.90 Å². The zero-order valence-electron chi connectivity index (χ0n) is 15.3. The minimum atomic E-state index is -3.41. The second-order valence-corrected chi connectivity index (χ2v) is 8.74. The number of hydrogen-bond donors (Lipinski definition) is 1. The van der Waals surface area contributed by atoms with Crippen LogP contribution in [0.15, 0.2) is 24.3 Å². The highest BCUT2D eigenvalue weighted by atomic mass is 32.2. The molecule has 1 aliphatic heterocycles. The molecule has 1 fully saturated rings. The lowest BCUT2D eigenvalue weighted by Gasteiger charge is -2.31. The number of aryl methyl sites for hydroxylation is 1. The monoisotopic (exact) mass is 381 g/mol. The quantitative estimate of drug-likeness (QED) is 0.768. The second kappa shape index (κ2) is 8.53. The van der Waals surface area contributed by atoms with Gasteiger partial charge in [-0.15, -0.1) is 0 Å². The van der Waals surface area contributed by atoms with Crippen molar-refractivity contribution in [2.24, 2.45) is 11.7 Å². The minimum Gasteiger partial charge on any atom is -0.369 e. The summed E-state index contributed by atoms with van der Waals surface area (Å²) in [5.74, 6) is -0.467. The van der Waals surface area contributed by atoms with E-state index in [0.29, 0.717) is 38.0 Å². The van der Waals surface area contributed by atoms with Crippen molar-refractivity contribution in [1.29, 1.82) is 0 Å². The van der Waals surface area contributed by atoms with Gasteiger partial charge in [-0.1, -0.05) is 17.7 Å². The fourth-order valence-electron chi connectivity index (χ4n) is 3.14. The molecule has 7 nitrogen and oxygen atoms in total. The molecule has 0 unspecified atom stereocenters. The smallest absolute Gasteiger partial charge is 0.232 e. The van der Waals surface area contributed by atoms with Crippen LogP contribution in [0.3, 0.4) is 0 Å². The Morgan fingerprint density at radius 3 is 2.27 bits per heavy atom. The molecule has 0 spiro atoms. The van der Waals surface area contributed by atoms with E-state index in [1.807, 2.05) is 19.1 Å². The fraction of sp³-hybridized carbons (Fsp3) is 0.556. The van der Waals surface area contributed by atoms with Crippen molar-refractivity contribution in [3.05, 3.63) is 29.8 Å². The first-order chi connectivity index (χ1) is 12.2. The standard InChI is InChI=1S/C18H27N3O4S/c1-14-5-7-16(8-6-14)21(26(2,24)25)11-3-4-17(22)20-12-9-15(10-13-20)18(19)23/h5-8,15H,3-4,9-13H2,1-2H3,(H2,19,23). The number of primary amides is 1. The normalized spacial score (nSPS) is 15.7. The molecule has 2 amide bonds. The molecule has 2 rings (SSSR count). The molecule has 0 aliphatic carbocycles. The molecule has 144 valence electrons. The van der Waals surface area contributed by atoms with Crippen molar-refractivity contribution in [3.63, 3.8) is 0 Å². The van der Waals surface area contributed by atoms with Gasteiger partial charge in [0.25, 0.3) is 0 Å². The molecule has 1 heterocycles. The second-order valence-electron chi connectivity index (χ2n) is 6.83. The zero-order valence-corrected chi connectivity index (χ0v) is 16.2. The number of nitrogens with two attached hydrogens (primary N) is 1. The molecule has 0 saturated carbocycles. The van der Waals surface area contributed by atoms with Gasteiger partial charge in [0.15, 0.2) is 0 Å². The van der Waals surface area contributed by atoms with E-state index in [2.05, 4.69) is 0 Å². The Kier molecular flexibility index (Phi) is 6.63. The average Bonchev–Trinajstić information content (AvgIpc) is 2.58. The number of anilines is 1. The van der Waals surface area contributed by atoms with Gasteiger partial charge in [-0.25, -0.2) is 8.42 Å². The Balaban J connectivity index is 1.89. The third-order valence-corrected chi connectivity index (χ3v) is 5.92. The van der Waals surface area contributed by atoms with Crippen molar-refractivity contribution in [2.45, 2.75) is 32.6 Å². The summed E-state index contributed by atoms with van der Waals surface area (Å²) in [6.07, 6.45) is 3.08. The number of likely N-dealkylation sites (tertiary alicyclic amines) is 1. The van der Waals surface area contributed by atoms with Crippen LogP contribution in [0.25, 0.3) is 0 Å². The summed E-state index contributed by atoms with van der Waals surface area (Å²) in [7, 11) is -3.41. The van der Waals surface area contributed by atoms with E-state index in [1.54, 1.807) is 17.0 Å². The van der Waals surface area contributed by atoms with Gasteiger partial charge in [-0.05, 0) is 38.3 Å². The van der Waals surface area contributed by atoms with E-state index in [9.17, 15) is 18.0 Å². The Labute approximate surface area is 155 Å². The largest absolute Gasteiger partial charge is 0.369 e. The van der Waals surface area contributed by atoms with Crippen LogP contribution in [0, 0.1) is 12.8 Å². The zero-order chi connectivity index (χ0) is 19.3. The van der Waals surface area contributed by atoms with Crippen LogP contribution in [0.4, 0.5) is 5.69 Å². The van der Waals surface area contributed by atoms with Gasteiger partial charge in [0, 0.05) is 32.0 Å². The van der Waals surface area contributed by atoms with Crippen LogP contribution < -0.4 is 10.0 Å². The van der Waals surface area contributed by atoms with Gasteiger partial charge in [0.2, 0.25) is 21.8 Å². The highest BCUT2D eigenvalue weighted by Gasteiger charge is 2.26. The number of amides is 2. The van der Waals surface area contributed by atoms with Gasteiger partial charge in [0.05, 0.1) is 11.9 Å². The SMILES string of the molecule is Cc1ccc(N(CCCC(=O)N2CCC(C(N)=O)CC2)S(C)(=O)=O)cc1. The summed E-state index contributed by atoms with van der Waals surface area (Å²) in [5.41, 5.74) is 6.96. The Morgan fingerprint density at radius 2 is 1.77 bits per heavy atom. The molecular formula is C18H27N3O4S. The van der Waals surface area contributed by atoms with Gasteiger partial charge < -0.3 is 10.6 Å². The van der Waals surface area contributed by atoms with Crippen LogP contribution in [-0.2, 0) is 19.6 Å². The minimum absolute atomic E-state index is 0.00900. The Bertz CT molecular complexity index is 738. The maximum Gasteiger partial charge on any atom is 0.232 e. The molecule has 1 aromatic rings. The molecule has 1 saturated heterocycles. The van der Waals surface area contributed by atoms with E-state index in [-0.39, 0.29) is 30.7 Å². The highest BCUT2D eigenvalue weighted by Crippen LogP contribution is 2.20. The number of carbonyl (C=O) groups excluding carboxylic acids is 2. The van der Waals surface area contributed by atoms with Crippen molar-refractivity contribution in [3.8, 4) is 0 Å². The molecule has 0 aromatic heterocycles. The first-order valence-electron chi connectivity index (χ1n) is 8.80. The topological polar surface area (TPSA) is 101 Å². The summed E-state index contributed by atoms with van der Waals surface area (Å²) in [6, 6.07) is 7.27. The average molecular weight is 381 g/mol. The highest BCUT2D eigenvalue weighted by molar-refractivity contribution is 7.92. The number of benzene rings is 1. The lowest BCUT2D eigenvalue weighted by atomic mass is 9.96. The van der Waals surface area contributed by atoms with E-state index >= 15 is 0 Å². The number of piperidine rings is 1. The molecule has 0 radical (unpaired) electrons. The Morgan fingerprint density at radius 1 is 1.19 bits per heavy atom. The van der Waals surface area contributed by atoms with Gasteiger partial charge in [-0.3, -0.25) is 13.9 Å². The fourth-order valence-corrected chi connectivity index (χ4v) is 4.11. The van der Waals surface area contributed by atoms with Gasteiger partial charge >= 0.3 is 0 Å². The molecule has 8 heteroatoms. The van der Waals surface area contributed by atoms with Crippen molar-refractivity contribution >= 4 is 27.5 Å². The molecule has 1 aromatic carbocycles. The first kappa shape index (κ1) is 20.2. The van der Waals surface area contributed by atoms with E-state index in [4.69, 9.17) is 5.73 Å².